The first-order valence-electron chi connectivity index (χ1n) is 5.37. The van der Waals surface area contributed by atoms with Crippen molar-refractivity contribution >= 4 is 0 Å². The Bertz CT molecular complexity index is 403. The van der Waals surface area contributed by atoms with Gasteiger partial charge in [-0.2, -0.15) is 0 Å². The summed E-state index contributed by atoms with van der Waals surface area (Å²) in [5, 5.41) is 0. The van der Waals surface area contributed by atoms with Crippen LogP contribution in [-0.2, 0) is 6.42 Å². The molecule has 0 radical (unpaired) electrons. The van der Waals surface area contributed by atoms with Crippen molar-refractivity contribution in [3.8, 4) is 11.5 Å². The van der Waals surface area contributed by atoms with Gasteiger partial charge in [0, 0.05) is 23.1 Å². The second-order valence-electron chi connectivity index (χ2n) is 4.37. The minimum atomic E-state index is 0.244. The van der Waals surface area contributed by atoms with Gasteiger partial charge in [0.25, 0.3) is 0 Å². The summed E-state index contributed by atoms with van der Waals surface area (Å²) in [5.74, 6) is 2.47. The number of hydrogen-bond acceptors (Lipinski definition) is 3. The number of ether oxygens (including phenoxy) is 2. The Morgan fingerprint density at radius 1 is 1.47 bits per heavy atom. The quantitative estimate of drug-likeness (QED) is 0.754. The van der Waals surface area contributed by atoms with Gasteiger partial charge >= 0.3 is 0 Å². The fourth-order valence-corrected chi connectivity index (χ4v) is 2.77. The second kappa shape index (κ2) is 3.14. The van der Waals surface area contributed by atoms with Gasteiger partial charge in [0.1, 0.15) is 11.5 Å². The molecule has 2 aliphatic rings. The number of hydrogen-bond donors (Lipinski definition) is 1. The molecule has 1 aliphatic carbocycles. The van der Waals surface area contributed by atoms with Crippen LogP contribution in [0.4, 0.5) is 0 Å². The summed E-state index contributed by atoms with van der Waals surface area (Å²) in [5.41, 5.74) is 8.66. The molecule has 0 saturated carbocycles. The molecule has 0 bridgehead atoms. The van der Waals surface area contributed by atoms with Crippen LogP contribution >= 0.6 is 0 Å². The maximum atomic E-state index is 6.05. The zero-order valence-corrected chi connectivity index (χ0v) is 8.82. The van der Waals surface area contributed by atoms with Crippen molar-refractivity contribution in [3.05, 3.63) is 23.3 Å². The van der Waals surface area contributed by atoms with Crippen LogP contribution in [0.15, 0.2) is 12.1 Å². The molecule has 0 unspecified atom stereocenters. The number of rotatable bonds is 1. The lowest BCUT2D eigenvalue weighted by Gasteiger charge is -2.26. The molecule has 1 aromatic rings. The monoisotopic (exact) mass is 205 g/mol. The average molecular weight is 205 g/mol. The first-order chi connectivity index (χ1) is 7.29. The van der Waals surface area contributed by atoms with E-state index >= 15 is 0 Å². The SMILES string of the molecule is COc1ccc2c3c1C[C@H](N)C[C@H]3CO2. The lowest BCUT2D eigenvalue weighted by molar-refractivity contribution is 0.315. The molecule has 1 aliphatic heterocycles. The maximum Gasteiger partial charge on any atom is 0.123 e. The summed E-state index contributed by atoms with van der Waals surface area (Å²) < 4.78 is 11.0. The molecule has 0 amide bonds. The number of benzene rings is 1. The third-order valence-electron chi connectivity index (χ3n) is 3.40. The zero-order valence-electron chi connectivity index (χ0n) is 8.82. The van der Waals surface area contributed by atoms with E-state index in [1.165, 1.54) is 11.1 Å². The highest BCUT2D eigenvalue weighted by molar-refractivity contribution is 5.54. The van der Waals surface area contributed by atoms with Crippen molar-refractivity contribution in [1.29, 1.82) is 0 Å². The van der Waals surface area contributed by atoms with Gasteiger partial charge in [-0.1, -0.05) is 0 Å². The topological polar surface area (TPSA) is 44.5 Å². The molecule has 3 nitrogen and oxygen atoms in total. The van der Waals surface area contributed by atoms with E-state index in [2.05, 4.69) is 0 Å². The first kappa shape index (κ1) is 9.04. The van der Waals surface area contributed by atoms with E-state index in [0.29, 0.717) is 5.92 Å². The Labute approximate surface area is 89.2 Å². The molecule has 2 N–H and O–H groups in total. The van der Waals surface area contributed by atoms with Gasteiger partial charge in [0.15, 0.2) is 0 Å². The second-order valence-corrected chi connectivity index (χ2v) is 4.37. The third-order valence-corrected chi connectivity index (χ3v) is 3.40. The van der Waals surface area contributed by atoms with E-state index in [0.717, 1.165) is 30.9 Å². The molecule has 0 fully saturated rings. The molecule has 1 aromatic carbocycles. The van der Waals surface area contributed by atoms with Crippen LogP contribution in [0, 0.1) is 0 Å². The fourth-order valence-electron chi connectivity index (χ4n) is 2.77. The summed E-state index contributed by atoms with van der Waals surface area (Å²) in [6.07, 6.45) is 1.94. The largest absolute Gasteiger partial charge is 0.496 e. The minimum absolute atomic E-state index is 0.244. The molecule has 2 atom stereocenters. The average Bonchev–Trinajstić information content (AvgIpc) is 2.63. The molecule has 15 heavy (non-hydrogen) atoms. The normalized spacial score (nSPS) is 27.1. The standard InChI is InChI=1S/C12H15NO2/c1-14-10-2-3-11-12-7(6-15-11)4-8(13)5-9(10)12/h2-3,7-8H,4-6,13H2,1H3/t7-,8+/m0/s1. The van der Waals surface area contributed by atoms with Crippen molar-refractivity contribution in [2.24, 2.45) is 5.73 Å². The molecule has 0 saturated heterocycles. The van der Waals surface area contributed by atoms with Gasteiger partial charge in [-0.05, 0) is 25.0 Å². The predicted molar refractivity (Wildman–Crippen MR) is 57.5 cm³/mol. The summed E-state index contributed by atoms with van der Waals surface area (Å²) in [6, 6.07) is 4.23. The van der Waals surface area contributed by atoms with Crippen molar-refractivity contribution in [2.75, 3.05) is 13.7 Å². The van der Waals surface area contributed by atoms with Crippen molar-refractivity contribution in [1.82, 2.24) is 0 Å². The van der Waals surface area contributed by atoms with Crippen molar-refractivity contribution in [2.45, 2.75) is 24.8 Å². The fraction of sp³-hybridized carbons (Fsp3) is 0.500. The molecular weight excluding hydrogens is 190 g/mol. The predicted octanol–water partition coefficient (Wildman–Crippen LogP) is 1.44. The van der Waals surface area contributed by atoms with Gasteiger partial charge in [-0.3, -0.25) is 0 Å². The maximum absolute atomic E-state index is 6.05. The molecule has 1 heterocycles. The van der Waals surface area contributed by atoms with E-state index in [1.807, 2.05) is 12.1 Å². The van der Waals surface area contributed by atoms with Crippen molar-refractivity contribution < 1.29 is 9.47 Å². The van der Waals surface area contributed by atoms with E-state index < -0.39 is 0 Å². The van der Waals surface area contributed by atoms with Gasteiger partial charge in [-0.15, -0.1) is 0 Å². The molecule has 3 heteroatoms. The Kier molecular flexibility index (Phi) is 1.89. The highest BCUT2D eigenvalue weighted by Gasteiger charge is 2.34. The van der Waals surface area contributed by atoms with E-state index in [4.69, 9.17) is 15.2 Å². The van der Waals surface area contributed by atoms with E-state index in [-0.39, 0.29) is 6.04 Å². The zero-order chi connectivity index (χ0) is 10.4. The Morgan fingerprint density at radius 2 is 2.33 bits per heavy atom. The first-order valence-corrected chi connectivity index (χ1v) is 5.37. The number of methoxy groups -OCH3 is 1. The number of nitrogens with two attached hydrogens (primary N) is 1. The molecule has 0 aromatic heterocycles. The molecular formula is C12H15NO2. The van der Waals surface area contributed by atoms with Crippen LogP contribution in [0.5, 0.6) is 11.5 Å². The third kappa shape index (κ3) is 1.23. The Balaban J connectivity index is 2.18. The van der Waals surface area contributed by atoms with E-state index in [1.54, 1.807) is 7.11 Å². The van der Waals surface area contributed by atoms with Crippen LogP contribution < -0.4 is 15.2 Å². The van der Waals surface area contributed by atoms with Crippen LogP contribution in [0.3, 0.4) is 0 Å². The Morgan fingerprint density at radius 3 is 3.13 bits per heavy atom. The van der Waals surface area contributed by atoms with Gasteiger partial charge in [0.2, 0.25) is 0 Å². The summed E-state index contributed by atoms with van der Waals surface area (Å²) >= 11 is 0. The highest BCUT2D eigenvalue weighted by atomic mass is 16.5. The summed E-state index contributed by atoms with van der Waals surface area (Å²) in [7, 11) is 1.71. The molecule has 3 rings (SSSR count). The minimum Gasteiger partial charge on any atom is -0.496 e. The molecule has 80 valence electrons. The van der Waals surface area contributed by atoms with Crippen LogP contribution in [0.25, 0.3) is 0 Å². The Hall–Kier alpha value is -1.22. The van der Waals surface area contributed by atoms with Crippen LogP contribution in [0.2, 0.25) is 0 Å². The van der Waals surface area contributed by atoms with Gasteiger partial charge in [0.05, 0.1) is 13.7 Å². The van der Waals surface area contributed by atoms with E-state index in [9.17, 15) is 0 Å². The summed E-state index contributed by atoms with van der Waals surface area (Å²) in [4.78, 5) is 0. The van der Waals surface area contributed by atoms with Crippen LogP contribution in [0.1, 0.15) is 23.5 Å². The van der Waals surface area contributed by atoms with Crippen LogP contribution in [-0.4, -0.2) is 19.8 Å². The lowest BCUT2D eigenvalue weighted by atomic mass is 9.81. The van der Waals surface area contributed by atoms with Gasteiger partial charge in [-0.25, -0.2) is 0 Å². The lowest BCUT2D eigenvalue weighted by Crippen LogP contribution is -2.30. The smallest absolute Gasteiger partial charge is 0.123 e. The van der Waals surface area contributed by atoms with Crippen molar-refractivity contribution in [3.63, 3.8) is 0 Å². The summed E-state index contributed by atoms with van der Waals surface area (Å²) in [6.45, 7) is 0.781. The highest BCUT2D eigenvalue weighted by Crippen LogP contribution is 2.45. The molecule has 0 spiro atoms. The van der Waals surface area contributed by atoms with Gasteiger partial charge < -0.3 is 15.2 Å².